The van der Waals surface area contributed by atoms with Crippen LogP contribution in [0.3, 0.4) is 0 Å². The summed E-state index contributed by atoms with van der Waals surface area (Å²) in [4.78, 5) is 24.5. The van der Waals surface area contributed by atoms with Gasteiger partial charge in [0.2, 0.25) is 5.91 Å². The van der Waals surface area contributed by atoms with Crippen LogP contribution in [0.25, 0.3) is 0 Å². The molecular formula is C62H117NO5. The van der Waals surface area contributed by atoms with Crippen molar-refractivity contribution < 1.29 is 24.5 Å². The second kappa shape index (κ2) is 57.7. The lowest BCUT2D eigenvalue weighted by Crippen LogP contribution is -2.45. The molecule has 0 saturated heterocycles. The molecule has 0 aromatic heterocycles. The van der Waals surface area contributed by atoms with Crippen LogP contribution in [0.1, 0.15) is 322 Å². The molecule has 0 aliphatic rings. The minimum absolute atomic E-state index is 0.00422. The number of carbonyl (C=O) groups is 2. The van der Waals surface area contributed by atoms with E-state index in [0.29, 0.717) is 19.4 Å². The standard InChI is InChI=1S/C62H117NO5/c1-3-5-7-9-11-13-15-17-19-26-30-34-38-42-46-50-54-60(65)59(58-64)63-61(66)55-51-47-43-39-35-31-27-24-22-21-23-25-29-33-37-41-45-49-53-57-68-62(67)56-52-48-44-40-36-32-28-20-18-16-14-12-10-8-6-4-2/h20-22,28,50,54,59-60,64-65H,3-19,23-27,29-49,51-53,55-58H2,1-2H3,(H,63,66)/b22-21-,28-20-,54-50+. The quantitative estimate of drug-likeness (QED) is 0.0321. The Labute approximate surface area is 424 Å². The van der Waals surface area contributed by atoms with E-state index in [0.717, 1.165) is 51.4 Å². The van der Waals surface area contributed by atoms with Crippen LogP contribution in [-0.4, -0.2) is 47.4 Å². The van der Waals surface area contributed by atoms with E-state index in [9.17, 15) is 19.8 Å². The van der Waals surface area contributed by atoms with Crippen molar-refractivity contribution in [2.24, 2.45) is 0 Å². The van der Waals surface area contributed by atoms with Crippen molar-refractivity contribution in [1.29, 1.82) is 0 Å². The van der Waals surface area contributed by atoms with Crippen LogP contribution in [0, 0.1) is 0 Å². The number of hydrogen-bond acceptors (Lipinski definition) is 5. The summed E-state index contributed by atoms with van der Waals surface area (Å²) in [6.07, 6.45) is 71.7. The van der Waals surface area contributed by atoms with Gasteiger partial charge in [0.25, 0.3) is 0 Å². The first-order chi connectivity index (χ1) is 33.5. The molecule has 0 bridgehead atoms. The summed E-state index contributed by atoms with van der Waals surface area (Å²) in [5.41, 5.74) is 0. The van der Waals surface area contributed by atoms with Crippen LogP contribution in [0.5, 0.6) is 0 Å². The van der Waals surface area contributed by atoms with Crippen LogP contribution in [0.15, 0.2) is 36.5 Å². The van der Waals surface area contributed by atoms with Crippen molar-refractivity contribution in [2.45, 2.75) is 334 Å². The molecule has 3 N–H and O–H groups in total. The fraction of sp³-hybridized carbons (Fsp3) is 0.871. The van der Waals surface area contributed by atoms with Crippen LogP contribution in [0.4, 0.5) is 0 Å². The van der Waals surface area contributed by atoms with Crippen molar-refractivity contribution >= 4 is 11.9 Å². The molecule has 0 rings (SSSR count). The van der Waals surface area contributed by atoms with E-state index in [-0.39, 0.29) is 18.5 Å². The second-order valence-electron chi connectivity index (χ2n) is 20.7. The third-order valence-corrected chi connectivity index (χ3v) is 13.9. The number of hydrogen-bond donors (Lipinski definition) is 3. The minimum Gasteiger partial charge on any atom is -0.466 e. The van der Waals surface area contributed by atoms with Crippen molar-refractivity contribution in [1.82, 2.24) is 5.32 Å². The first-order valence-electron chi connectivity index (χ1n) is 30.3. The van der Waals surface area contributed by atoms with Gasteiger partial charge in [-0.2, -0.15) is 0 Å². The maximum absolute atomic E-state index is 12.5. The molecule has 0 aliphatic heterocycles. The topological polar surface area (TPSA) is 95.9 Å². The minimum atomic E-state index is -0.851. The molecule has 0 heterocycles. The maximum atomic E-state index is 12.5. The lowest BCUT2D eigenvalue weighted by molar-refractivity contribution is -0.143. The monoisotopic (exact) mass is 956 g/mol. The van der Waals surface area contributed by atoms with Crippen molar-refractivity contribution in [3.05, 3.63) is 36.5 Å². The fourth-order valence-corrected chi connectivity index (χ4v) is 9.21. The van der Waals surface area contributed by atoms with Gasteiger partial charge in [0.15, 0.2) is 0 Å². The van der Waals surface area contributed by atoms with Gasteiger partial charge in [0.1, 0.15) is 0 Å². The van der Waals surface area contributed by atoms with Crippen LogP contribution in [-0.2, 0) is 14.3 Å². The number of esters is 1. The first-order valence-corrected chi connectivity index (χ1v) is 30.3. The number of rotatable bonds is 56. The van der Waals surface area contributed by atoms with Gasteiger partial charge in [-0.05, 0) is 83.5 Å². The van der Waals surface area contributed by atoms with E-state index in [1.807, 2.05) is 6.08 Å². The second-order valence-corrected chi connectivity index (χ2v) is 20.7. The van der Waals surface area contributed by atoms with Gasteiger partial charge >= 0.3 is 5.97 Å². The van der Waals surface area contributed by atoms with Crippen LogP contribution >= 0.6 is 0 Å². The predicted molar refractivity (Wildman–Crippen MR) is 296 cm³/mol. The number of unbranched alkanes of at least 4 members (excludes halogenated alkanes) is 41. The molecule has 68 heavy (non-hydrogen) atoms. The molecule has 400 valence electrons. The molecule has 0 aliphatic carbocycles. The highest BCUT2D eigenvalue weighted by molar-refractivity contribution is 5.76. The molecule has 0 aromatic rings. The summed E-state index contributed by atoms with van der Waals surface area (Å²) >= 11 is 0. The van der Waals surface area contributed by atoms with Gasteiger partial charge in [0.05, 0.1) is 25.4 Å². The van der Waals surface area contributed by atoms with E-state index in [2.05, 4.69) is 43.5 Å². The molecule has 1 amide bonds. The third-order valence-electron chi connectivity index (χ3n) is 13.9. The highest BCUT2D eigenvalue weighted by Crippen LogP contribution is 2.16. The van der Waals surface area contributed by atoms with Gasteiger partial charge in [-0.3, -0.25) is 9.59 Å². The van der Waals surface area contributed by atoms with Crippen LogP contribution < -0.4 is 5.32 Å². The molecule has 0 spiro atoms. The number of ether oxygens (including phenoxy) is 1. The Bertz CT molecular complexity index is 1100. The largest absolute Gasteiger partial charge is 0.466 e. The van der Waals surface area contributed by atoms with Gasteiger partial charge in [-0.1, -0.05) is 262 Å². The summed E-state index contributed by atoms with van der Waals surface area (Å²) in [7, 11) is 0. The van der Waals surface area contributed by atoms with E-state index in [1.165, 1.54) is 244 Å². The zero-order valence-electron chi connectivity index (χ0n) is 45.6. The lowest BCUT2D eigenvalue weighted by atomic mass is 10.0. The van der Waals surface area contributed by atoms with E-state index in [4.69, 9.17) is 4.74 Å². The summed E-state index contributed by atoms with van der Waals surface area (Å²) in [5.74, 6) is -0.0809. The summed E-state index contributed by atoms with van der Waals surface area (Å²) in [6.45, 7) is 4.90. The molecule has 0 fully saturated rings. The van der Waals surface area contributed by atoms with Crippen LogP contribution in [0.2, 0.25) is 0 Å². The van der Waals surface area contributed by atoms with Gasteiger partial charge < -0.3 is 20.3 Å². The number of carbonyl (C=O) groups excluding carboxylic acids is 2. The highest BCUT2D eigenvalue weighted by atomic mass is 16.5. The Kier molecular flexibility index (Phi) is 56.0. The first kappa shape index (κ1) is 66.1. The Morgan fingerprint density at radius 2 is 0.691 bits per heavy atom. The SMILES string of the molecule is CCCCCCCCC/C=C\CCCCCCCC(=O)OCCCCCCCCCC/C=C\CCCCCCCCCC(=O)NC(CO)C(O)/C=C/CCCCCCCCCCCCCCCC. The van der Waals surface area contributed by atoms with Crippen molar-refractivity contribution in [2.75, 3.05) is 13.2 Å². The van der Waals surface area contributed by atoms with Gasteiger partial charge in [0, 0.05) is 12.8 Å². The molecule has 0 saturated carbocycles. The number of aliphatic hydroxyl groups is 2. The Hall–Kier alpha value is -1.92. The molecule has 2 unspecified atom stereocenters. The Balaban J connectivity index is 3.47. The number of aliphatic hydroxyl groups excluding tert-OH is 2. The molecule has 6 heteroatoms. The average Bonchev–Trinajstić information content (AvgIpc) is 3.34. The summed E-state index contributed by atoms with van der Waals surface area (Å²) in [5, 5.41) is 23.1. The highest BCUT2D eigenvalue weighted by Gasteiger charge is 2.18. The predicted octanol–water partition coefficient (Wildman–Crippen LogP) is 18.8. The lowest BCUT2D eigenvalue weighted by Gasteiger charge is -2.20. The zero-order valence-corrected chi connectivity index (χ0v) is 45.6. The fourth-order valence-electron chi connectivity index (χ4n) is 9.21. The average molecular weight is 957 g/mol. The zero-order chi connectivity index (χ0) is 49.3. The summed E-state index contributed by atoms with van der Waals surface area (Å²) < 4.78 is 5.48. The number of nitrogens with one attached hydrogen (secondary N) is 1. The third kappa shape index (κ3) is 53.4. The Morgan fingerprint density at radius 1 is 0.397 bits per heavy atom. The molecule has 0 radical (unpaired) electrons. The van der Waals surface area contributed by atoms with Crippen molar-refractivity contribution in [3.8, 4) is 0 Å². The molecule has 6 nitrogen and oxygen atoms in total. The molecular weight excluding hydrogens is 839 g/mol. The Morgan fingerprint density at radius 3 is 1.04 bits per heavy atom. The smallest absolute Gasteiger partial charge is 0.305 e. The maximum Gasteiger partial charge on any atom is 0.305 e. The van der Waals surface area contributed by atoms with E-state index in [1.54, 1.807) is 6.08 Å². The van der Waals surface area contributed by atoms with E-state index >= 15 is 0 Å². The van der Waals surface area contributed by atoms with E-state index < -0.39 is 12.1 Å². The molecule has 2 atom stereocenters. The number of amides is 1. The van der Waals surface area contributed by atoms with Gasteiger partial charge in [-0.25, -0.2) is 0 Å². The normalized spacial score (nSPS) is 12.8. The molecule has 0 aromatic carbocycles. The summed E-state index contributed by atoms with van der Waals surface area (Å²) in [6, 6.07) is -0.635. The van der Waals surface area contributed by atoms with Gasteiger partial charge in [-0.15, -0.1) is 0 Å². The van der Waals surface area contributed by atoms with Crippen molar-refractivity contribution in [3.63, 3.8) is 0 Å². The number of allylic oxidation sites excluding steroid dienone is 5.